The molecule has 0 spiro atoms. The molecule has 108 valence electrons. The molecule has 1 aromatic rings. The Kier molecular flexibility index (Phi) is 6.29. The summed E-state index contributed by atoms with van der Waals surface area (Å²) in [5, 5.41) is 3.21. The van der Waals surface area contributed by atoms with Crippen molar-refractivity contribution in [1.29, 1.82) is 0 Å². The van der Waals surface area contributed by atoms with Gasteiger partial charge in [0.1, 0.15) is 15.6 Å². The number of ether oxygens (including phenoxy) is 1. The van der Waals surface area contributed by atoms with Gasteiger partial charge < -0.3 is 10.1 Å². The Balaban J connectivity index is 2.72. The average Bonchev–Trinajstić information content (AvgIpc) is 2.33. The first kappa shape index (κ1) is 16.5. The van der Waals surface area contributed by atoms with Crippen molar-refractivity contribution >= 4 is 25.8 Å². The number of hydrogen-bond donors (Lipinski definition) is 1. The highest BCUT2D eigenvalue weighted by atomic mass is 79.9. The van der Waals surface area contributed by atoms with E-state index in [4.69, 9.17) is 4.74 Å². The van der Waals surface area contributed by atoms with Gasteiger partial charge in [-0.3, -0.25) is 0 Å². The van der Waals surface area contributed by atoms with Crippen LogP contribution in [0.25, 0.3) is 0 Å². The Bertz CT molecular complexity index is 517. The summed E-state index contributed by atoms with van der Waals surface area (Å²) in [6, 6.07) is 6.04. The molecule has 1 aromatic carbocycles. The first-order chi connectivity index (χ1) is 8.87. The molecule has 6 heteroatoms. The van der Waals surface area contributed by atoms with Crippen LogP contribution >= 0.6 is 15.9 Å². The number of rotatable bonds is 7. The molecule has 0 aliphatic heterocycles. The van der Waals surface area contributed by atoms with E-state index in [2.05, 4.69) is 21.2 Å². The second-order valence-corrected chi connectivity index (χ2v) is 7.62. The van der Waals surface area contributed by atoms with Gasteiger partial charge in [0.25, 0.3) is 0 Å². The summed E-state index contributed by atoms with van der Waals surface area (Å²) in [7, 11) is 0.619. The number of methoxy groups -OCH3 is 1. The standard InChI is InChI=1S/C13H20BrNO3S/c1-15-12(5-4-8-19(3,16)17)10-6-7-13(18-2)11(14)9-10/h6-7,9,12,15H,4-5,8H2,1-3H3. The maximum absolute atomic E-state index is 11.1. The Hall–Kier alpha value is -0.590. The predicted molar refractivity (Wildman–Crippen MR) is 81.4 cm³/mol. The lowest BCUT2D eigenvalue weighted by atomic mass is 10.0. The monoisotopic (exact) mass is 349 g/mol. The smallest absolute Gasteiger partial charge is 0.147 e. The first-order valence-electron chi connectivity index (χ1n) is 6.06. The van der Waals surface area contributed by atoms with E-state index in [1.807, 2.05) is 25.2 Å². The molecule has 4 nitrogen and oxygen atoms in total. The molecule has 0 saturated heterocycles. The maximum Gasteiger partial charge on any atom is 0.147 e. The fourth-order valence-corrected chi connectivity index (χ4v) is 3.18. The van der Waals surface area contributed by atoms with Crippen molar-refractivity contribution in [2.45, 2.75) is 18.9 Å². The first-order valence-corrected chi connectivity index (χ1v) is 8.91. The topological polar surface area (TPSA) is 55.4 Å². The fourth-order valence-electron chi connectivity index (χ4n) is 1.93. The highest BCUT2D eigenvalue weighted by Crippen LogP contribution is 2.29. The third-order valence-corrected chi connectivity index (χ3v) is 4.58. The van der Waals surface area contributed by atoms with Crippen molar-refractivity contribution in [2.24, 2.45) is 0 Å². The fraction of sp³-hybridized carbons (Fsp3) is 0.538. The number of hydrogen-bond acceptors (Lipinski definition) is 4. The third kappa shape index (κ3) is 5.50. The van der Waals surface area contributed by atoms with Crippen molar-refractivity contribution in [3.8, 4) is 5.75 Å². The van der Waals surface area contributed by atoms with Gasteiger partial charge in [-0.1, -0.05) is 6.07 Å². The number of halogens is 1. The van der Waals surface area contributed by atoms with Crippen LogP contribution in [0.4, 0.5) is 0 Å². The molecule has 0 aliphatic carbocycles. The normalized spacial score (nSPS) is 13.3. The van der Waals surface area contributed by atoms with Crippen LogP contribution in [0, 0.1) is 0 Å². The van der Waals surface area contributed by atoms with Gasteiger partial charge in [-0.2, -0.15) is 0 Å². The van der Waals surface area contributed by atoms with E-state index in [9.17, 15) is 8.42 Å². The van der Waals surface area contributed by atoms with Gasteiger partial charge in [0, 0.05) is 18.1 Å². The number of benzene rings is 1. The summed E-state index contributed by atoms with van der Waals surface area (Å²) in [5.74, 6) is 1.01. The molecule has 19 heavy (non-hydrogen) atoms. The minimum absolute atomic E-state index is 0.143. The molecule has 1 atom stereocenters. The van der Waals surface area contributed by atoms with Gasteiger partial charge in [0.15, 0.2) is 0 Å². The Morgan fingerprint density at radius 3 is 2.58 bits per heavy atom. The average molecular weight is 350 g/mol. The van der Waals surface area contributed by atoms with Gasteiger partial charge in [-0.05, 0) is 53.5 Å². The molecule has 0 radical (unpaired) electrons. The van der Waals surface area contributed by atoms with Crippen LogP contribution in [0.1, 0.15) is 24.4 Å². The van der Waals surface area contributed by atoms with Crippen molar-refractivity contribution in [1.82, 2.24) is 5.32 Å². The van der Waals surface area contributed by atoms with Gasteiger partial charge in [-0.15, -0.1) is 0 Å². The van der Waals surface area contributed by atoms with Gasteiger partial charge in [0.05, 0.1) is 11.6 Å². The van der Waals surface area contributed by atoms with E-state index < -0.39 is 9.84 Å². The zero-order valence-electron chi connectivity index (χ0n) is 11.4. The van der Waals surface area contributed by atoms with Crippen molar-refractivity contribution in [3.05, 3.63) is 28.2 Å². The van der Waals surface area contributed by atoms with Crippen molar-refractivity contribution in [2.75, 3.05) is 26.2 Å². The minimum Gasteiger partial charge on any atom is -0.496 e. The summed E-state index contributed by atoms with van der Waals surface area (Å²) >= 11 is 3.46. The largest absolute Gasteiger partial charge is 0.496 e. The molecule has 0 fully saturated rings. The van der Waals surface area contributed by atoms with Gasteiger partial charge in [-0.25, -0.2) is 8.42 Å². The molecule has 1 rings (SSSR count). The summed E-state index contributed by atoms with van der Waals surface area (Å²) in [6.07, 6.45) is 2.70. The molecular weight excluding hydrogens is 330 g/mol. The van der Waals surface area contributed by atoms with E-state index in [0.29, 0.717) is 6.42 Å². The molecule has 0 aromatic heterocycles. The zero-order chi connectivity index (χ0) is 14.5. The van der Waals surface area contributed by atoms with Crippen molar-refractivity contribution < 1.29 is 13.2 Å². The van der Waals surface area contributed by atoms with Crippen LogP contribution < -0.4 is 10.1 Å². The van der Waals surface area contributed by atoms with Crippen LogP contribution in [-0.2, 0) is 9.84 Å². The lowest BCUT2D eigenvalue weighted by Crippen LogP contribution is -2.17. The SMILES string of the molecule is CNC(CCCS(C)(=O)=O)c1ccc(OC)c(Br)c1. The zero-order valence-corrected chi connectivity index (χ0v) is 13.8. The lowest BCUT2D eigenvalue weighted by molar-refractivity contribution is 0.411. The van der Waals surface area contributed by atoms with Crippen molar-refractivity contribution in [3.63, 3.8) is 0 Å². The lowest BCUT2D eigenvalue weighted by Gasteiger charge is -2.17. The predicted octanol–water partition coefficient (Wildman–Crippen LogP) is 2.54. The second-order valence-electron chi connectivity index (χ2n) is 4.51. The van der Waals surface area contributed by atoms with Crippen LogP contribution in [0.3, 0.4) is 0 Å². The summed E-state index contributed by atoms with van der Waals surface area (Å²) in [5.41, 5.74) is 1.11. The Morgan fingerprint density at radius 1 is 1.42 bits per heavy atom. The second kappa shape index (κ2) is 7.26. The van der Waals surface area contributed by atoms with E-state index in [-0.39, 0.29) is 11.8 Å². The highest BCUT2D eigenvalue weighted by Gasteiger charge is 2.12. The highest BCUT2D eigenvalue weighted by molar-refractivity contribution is 9.10. The van der Waals surface area contributed by atoms with Crippen LogP contribution in [-0.4, -0.2) is 34.6 Å². The van der Waals surface area contributed by atoms with Gasteiger partial charge >= 0.3 is 0 Å². The quantitative estimate of drug-likeness (QED) is 0.821. The van der Waals surface area contributed by atoms with Crippen LogP contribution in [0.15, 0.2) is 22.7 Å². The minimum atomic E-state index is -2.89. The Labute approximate surface area is 123 Å². The molecule has 0 aliphatic rings. The van der Waals surface area contributed by atoms with Crippen LogP contribution in [0.2, 0.25) is 0 Å². The van der Waals surface area contributed by atoms with Crippen LogP contribution in [0.5, 0.6) is 5.75 Å². The van der Waals surface area contributed by atoms with Gasteiger partial charge in [0.2, 0.25) is 0 Å². The molecule has 0 saturated carbocycles. The number of sulfone groups is 1. The van der Waals surface area contributed by atoms with E-state index in [1.54, 1.807) is 7.11 Å². The van der Waals surface area contributed by atoms with E-state index >= 15 is 0 Å². The number of nitrogens with one attached hydrogen (secondary N) is 1. The Morgan fingerprint density at radius 2 is 2.11 bits per heavy atom. The van der Waals surface area contributed by atoms with E-state index in [1.165, 1.54) is 6.26 Å². The molecular formula is C13H20BrNO3S. The molecule has 0 bridgehead atoms. The summed E-state index contributed by atoms with van der Waals surface area (Å²) in [4.78, 5) is 0. The summed E-state index contributed by atoms with van der Waals surface area (Å²) in [6.45, 7) is 0. The maximum atomic E-state index is 11.1. The summed E-state index contributed by atoms with van der Waals surface area (Å²) < 4.78 is 28.4. The molecule has 1 unspecified atom stereocenters. The molecule has 1 N–H and O–H groups in total. The van der Waals surface area contributed by atoms with E-state index in [0.717, 1.165) is 22.2 Å². The molecule has 0 heterocycles. The third-order valence-electron chi connectivity index (χ3n) is 2.93. The molecule has 0 amide bonds.